The molecule has 0 saturated carbocycles. The molecular formula is C19H22N4O3S. The molecule has 0 aliphatic heterocycles. The fourth-order valence-corrected chi connectivity index (χ4v) is 3.13. The molecule has 0 bridgehead atoms. The fraction of sp³-hybridized carbons (Fsp3) is 0.368. The zero-order chi connectivity index (χ0) is 19.4. The molecule has 0 atom stereocenters. The van der Waals surface area contributed by atoms with Gasteiger partial charge in [0.1, 0.15) is 0 Å². The van der Waals surface area contributed by atoms with Crippen LogP contribution in [0.15, 0.2) is 39.5 Å². The standard InChI is InChI=1S/C19H22N4O3S/c1-12-21-17(25-23-12)11-27-10-16(24)22-18-15(9-20-26-18)13-5-7-14(8-6-13)19(2,3)4/h5-9H,10-11H2,1-4H3,(H,22,24). The Kier molecular flexibility index (Phi) is 5.65. The van der Waals surface area contributed by atoms with E-state index in [4.69, 9.17) is 9.05 Å². The molecule has 1 aromatic carbocycles. The Hall–Kier alpha value is -2.61. The van der Waals surface area contributed by atoms with E-state index >= 15 is 0 Å². The quantitative estimate of drug-likeness (QED) is 0.678. The Labute approximate surface area is 161 Å². The summed E-state index contributed by atoms with van der Waals surface area (Å²) in [7, 11) is 0. The molecule has 0 saturated heterocycles. The number of hydrogen-bond donors (Lipinski definition) is 1. The number of carbonyl (C=O) groups is 1. The predicted octanol–water partition coefficient (Wildman–Crippen LogP) is 4.20. The zero-order valence-corrected chi connectivity index (χ0v) is 16.6. The number of nitrogens with zero attached hydrogens (tertiary/aromatic N) is 3. The van der Waals surface area contributed by atoms with Gasteiger partial charge in [0, 0.05) is 0 Å². The number of aryl methyl sites for hydroxylation is 1. The highest BCUT2D eigenvalue weighted by Gasteiger charge is 2.16. The van der Waals surface area contributed by atoms with Crippen LogP contribution in [-0.2, 0) is 16.0 Å². The molecule has 2 aromatic heterocycles. The summed E-state index contributed by atoms with van der Waals surface area (Å²) < 4.78 is 10.2. The topological polar surface area (TPSA) is 94.1 Å². The van der Waals surface area contributed by atoms with E-state index in [1.165, 1.54) is 17.3 Å². The summed E-state index contributed by atoms with van der Waals surface area (Å²) in [5, 5.41) is 10.3. The van der Waals surface area contributed by atoms with Gasteiger partial charge >= 0.3 is 0 Å². The van der Waals surface area contributed by atoms with Gasteiger partial charge in [-0.05, 0) is 23.5 Å². The fourth-order valence-electron chi connectivity index (χ4n) is 2.48. The van der Waals surface area contributed by atoms with Crippen LogP contribution in [0.25, 0.3) is 11.1 Å². The molecule has 7 nitrogen and oxygen atoms in total. The number of nitrogens with one attached hydrogen (secondary N) is 1. The van der Waals surface area contributed by atoms with Crippen molar-refractivity contribution < 1.29 is 13.8 Å². The predicted molar refractivity (Wildman–Crippen MR) is 104 cm³/mol. The molecule has 8 heteroatoms. The molecule has 1 N–H and O–H groups in total. The summed E-state index contributed by atoms with van der Waals surface area (Å²) in [4.78, 5) is 16.3. The molecule has 0 aliphatic rings. The van der Waals surface area contributed by atoms with E-state index in [-0.39, 0.29) is 17.1 Å². The van der Waals surface area contributed by atoms with E-state index in [0.717, 1.165) is 11.1 Å². The van der Waals surface area contributed by atoms with Gasteiger partial charge in [0.25, 0.3) is 0 Å². The number of aromatic nitrogens is 3. The maximum absolute atomic E-state index is 12.2. The van der Waals surface area contributed by atoms with E-state index in [9.17, 15) is 4.79 Å². The first-order valence-corrected chi connectivity index (χ1v) is 9.71. The zero-order valence-electron chi connectivity index (χ0n) is 15.8. The molecule has 1 amide bonds. The first-order chi connectivity index (χ1) is 12.8. The molecule has 3 rings (SSSR count). The Bertz CT molecular complexity index is 910. The van der Waals surface area contributed by atoms with Crippen molar-refractivity contribution in [3.63, 3.8) is 0 Å². The van der Waals surface area contributed by atoms with Crippen molar-refractivity contribution in [3.05, 3.63) is 47.7 Å². The van der Waals surface area contributed by atoms with Gasteiger partial charge in [-0.1, -0.05) is 55.4 Å². The lowest BCUT2D eigenvalue weighted by Gasteiger charge is -2.19. The number of amides is 1. The van der Waals surface area contributed by atoms with Gasteiger partial charge < -0.3 is 9.05 Å². The summed E-state index contributed by atoms with van der Waals surface area (Å²) >= 11 is 1.39. The van der Waals surface area contributed by atoms with Crippen molar-refractivity contribution in [2.75, 3.05) is 11.1 Å². The molecule has 27 heavy (non-hydrogen) atoms. The molecule has 0 fully saturated rings. The van der Waals surface area contributed by atoms with Gasteiger partial charge in [-0.25, -0.2) is 0 Å². The lowest BCUT2D eigenvalue weighted by atomic mass is 9.86. The minimum absolute atomic E-state index is 0.0817. The van der Waals surface area contributed by atoms with Gasteiger partial charge in [0.05, 0.1) is 23.3 Å². The van der Waals surface area contributed by atoms with E-state index in [0.29, 0.717) is 23.4 Å². The second-order valence-corrected chi connectivity index (χ2v) is 8.16. The van der Waals surface area contributed by atoms with Crippen LogP contribution in [0.5, 0.6) is 0 Å². The highest BCUT2D eigenvalue weighted by Crippen LogP contribution is 2.30. The third-order valence-electron chi connectivity index (χ3n) is 3.91. The number of carbonyl (C=O) groups excluding carboxylic acids is 1. The third kappa shape index (κ3) is 4.97. The summed E-state index contributed by atoms with van der Waals surface area (Å²) in [6.07, 6.45) is 1.61. The van der Waals surface area contributed by atoms with Crippen LogP contribution in [0.2, 0.25) is 0 Å². The lowest BCUT2D eigenvalue weighted by molar-refractivity contribution is -0.113. The maximum atomic E-state index is 12.2. The second kappa shape index (κ2) is 7.96. The van der Waals surface area contributed by atoms with E-state index in [2.05, 4.69) is 53.5 Å². The van der Waals surface area contributed by atoms with Gasteiger partial charge in [-0.3, -0.25) is 10.1 Å². The van der Waals surface area contributed by atoms with Crippen LogP contribution in [0.1, 0.15) is 38.0 Å². The number of anilines is 1. The summed E-state index contributed by atoms with van der Waals surface area (Å²) in [6, 6.07) is 8.18. The van der Waals surface area contributed by atoms with E-state index in [1.54, 1.807) is 13.1 Å². The van der Waals surface area contributed by atoms with Gasteiger partial charge in [-0.2, -0.15) is 4.98 Å². The highest BCUT2D eigenvalue weighted by atomic mass is 32.2. The Balaban J connectivity index is 1.60. The molecule has 0 aliphatic carbocycles. The van der Waals surface area contributed by atoms with Gasteiger partial charge in [0.15, 0.2) is 5.82 Å². The van der Waals surface area contributed by atoms with E-state index in [1.807, 2.05) is 12.1 Å². The average molecular weight is 386 g/mol. The SMILES string of the molecule is Cc1noc(CSCC(=O)Nc2oncc2-c2ccc(C(C)(C)C)cc2)n1. The Morgan fingerprint density at radius 3 is 2.56 bits per heavy atom. The van der Waals surface area contributed by atoms with Crippen molar-refractivity contribution in [1.29, 1.82) is 0 Å². The summed E-state index contributed by atoms with van der Waals surface area (Å²) in [5.41, 5.74) is 3.01. The minimum atomic E-state index is -0.180. The number of thioether (sulfide) groups is 1. The molecular weight excluding hydrogens is 364 g/mol. The largest absolute Gasteiger partial charge is 0.338 e. The van der Waals surface area contributed by atoms with Crippen LogP contribution < -0.4 is 5.32 Å². The van der Waals surface area contributed by atoms with Crippen LogP contribution in [0, 0.1) is 6.92 Å². The van der Waals surface area contributed by atoms with Crippen molar-refractivity contribution in [2.45, 2.75) is 38.9 Å². The van der Waals surface area contributed by atoms with Crippen molar-refractivity contribution in [3.8, 4) is 11.1 Å². The monoisotopic (exact) mass is 386 g/mol. The van der Waals surface area contributed by atoms with Gasteiger partial charge in [0.2, 0.25) is 17.7 Å². The molecule has 142 valence electrons. The van der Waals surface area contributed by atoms with Crippen LogP contribution in [0.3, 0.4) is 0 Å². The minimum Gasteiger partial charge on any atom is -0.338 e. The van der Waals surface area contributed by atoms with Crippen molar-refractivity contribution in [1.82, 2.24) is 15.3 Å². The number of rotatable bonds is 6. The number of hydrogen-bond acceptors (Lipinski definition) is 7. The van der Waals surface area contributed by atoms with Crippen LogP contribution >= 0.6 is 11.8 Å². The van der Waals surface area contributed by atoms with Crippen molar-refractivity contribution in [2.24, 2.45) is 0 Å². The average Bonchev–Trinajstić information content (AvgIpc) is 3.23. The van der Waals surface area contributed by atoms with Crippen LogP contribution in [0.4, 0.5) is 5.88 Å². The molecule has 0 spiro atoms. The first-order valence-electron chi connectivity index (χ1n) is 8.55. The first kappa shape index (κ1) is 19.2. The normalized spacial score (nSPS) is 11.6. The Morgan fingerprint density at radius 1 is 1.19 bits per heavy atom. The Morgan fingerprint density at radius 2 is 1.93 bits per heavy atom. The maximum Gasteiger partial charge on any atom is 0.239 e. The van der Waals surface area contributed by atoms with Crippen molar-refractivity contribution >= 4 is 23.6 Å². The second-order valence-electron chi connectivity index (χ2n) is 7.17. The molecule has 3 aromatic rings. The smallest absolute Gasteiger partial charge is 0.239 e. The van der Waals surface area contributed by atoms with E-state index < -0.39 is 0 Å². The number of benzene rings is 1. The molecule has 0 radical (unpaired) electrons. The summed E-state index contributed by atoms with van der Waals surface area (Å²) in [6.45, 7) is 8.25. The highest BCUT2D eigenvalue weighted by molar-refractivity contribution is 7.99. The lowest BCUT2D eigenvalue weighted by Crippen LogP contribution is -2.14. The van der Waals surface area contributed by atoms with Gasteiger partial charge in [-0.15, -0.1) is 11.8 Å². The summed E-state index contributed by atoms with van der Waals surface area (Å²) in [5.74, 6) is 1.97. The third-order valence-corrected chi connectivity index (χ3v) is 4.83. The van der Waals surface area contributed by atoms with Crippen LogP contribution in [-0.4, -0.2) is 27.0 Å². The molecule has 0 unspecified atom stereocenters. The molecule has 2 heterocycles.